The van der Waals surface area contributed by atoms with Crippen molar-refractivity contribution in [2.75, 3.05) is 6.61 Å². The molecule has 0 radical (unpaired) electrons. The summed E-state index contributed by atoms with van der Waals surface area (Å²) in [5.74, 6) is -7.65. The lowest BCUT2D eigenvalue weighted by Crippen LogP contribution is -2.39. The third kappa shape index (κ3) is 2.20. The first-order chi connectivity index (χ1) is 7.00. The molecular formula is C9H8F2O4. The van der Waals surface area contributed by atoms with Crippen LogP contribution < -0.4 is 0 Å². The number of esters is 1. The van der Waals surface area contributed by atoms with Crippen molar-refractivity contribution < 1.29 is 27.5 Å². The first kappa shape index (κ1) is 11.4. The van der Waals surface area contributed by atoms with Gasteiger partial charge < -0.3 is 9.15 Å². The minimum atomic E-state index is -4.17. The van der Waals surface area contributed by atoms with Gasteiger partial charge in [-0.1, -0.05) is 0 Å². The van der Waals surface area contributed by atoms with Crippen molar-refractivity contribution in [1.82, 2.24) is 0 Å². The zero-order valence-corrected chi connectivity index (χ0v) is 7.83. The number of halogens is 2. The molecule has 0 spiro atoms. The normalized spacial score (nSPS) is 11.1. The van der Waals surface area contributed by atoms with Crippen molar-refractivity contribution in [3.05, 3.63) is 24.2 Å². The molecule has 4 nitrogen and oxygen atoms in total. The molecule has 0 bridgehead atoms. The van der Waals surface area contributed by atoms with Gasteiger partial charge in [-0.25, -0.2) is 4.79 Å². The van der Waals surface area contributed by atoms with E-state index in [0.717, 1.165) is 18.6 Å². The Morgan fingerprint density at radius 1 is 1.53 bits per heavy atom. The maximum atomic E-state index is 13.1. The number of hydrogen-bond donors (Lipinski definition) is 0. The molecule has 0 aliphatic rings. The van der Waals surface area contributed by atoms with Gasteiger partial charge in [-0.3, -0.25) is 4.79 Å². The molecule has 6 heteroatoms. The van der Waals surface area contributed by atoms with Gasteiger partial charge in [0.15, 0.2) is 0 Å². The maximum absolute atomic E-state index is 13.1. The Morgan fingerprint density at radius 3 is 2.67 bits per heavy atom. The van der Waals surface area contributed by atoms with Crippen LogP contribution in [0.2, 0.25) is 0 Å². The van der Waals surface area contributed by atoms with Crippen LogP contribution in [-0.2, 0) is 9.53 Å². The molecule has 1 aromatic rings. The van der Waals surface area contributed by atoms with Gasteiger partial charge in [0.2, 0.25) is 5.78 Å². The number of ether oxygens (including phenoxy) is 1. The van der Waals surface area contributed by atoms with Crippen LogP contribution in [0.15, 0.2) is 23.0 Å². The van der Waals surface area contributed by atoms with Crippen LogP contribution in [0.1, 0.15) is 17.3 Å². The fourth-order valence-electron chi connectivity index (χ4n) is 0.889. The van der Waals surface area contributed by atoms with E-state index < -0.39 is 17.7 Å². The number of rotatable bonds is 4. The predicted octanol–water partition coefficient (Wildman–Crippen LogP) is 1.66. The molecule has 0 aromatic carbocycles. The van der Waals surface area contributed by atoms with Crippen LogP contribution >= 0.6 is 0 Å². The average Bonchev–Trinajstić information content (AvgIpc) is 2.69. The molecule has 1 aromatic heterocycles. The Balaban J connectivity index is 2.86. The van der Waals surface area contributed by atoms with Crippen molar-refractivity contribution >= 4 is 11.8 Å². The smallest absolute Gasteiger partial charge is 0.404 e. The zero-order valence-electron chi connectivity index (χ0n) is 7.83. The second-order valence-corrected chi connectivity index (χ2v) is 2.64. The molecule has 15 heavy (non-hydrogen) atoms. The molecule has 0 unspecified atom stereocenters. The highest BCUT2D eigenvalue weighted by Crippen LogP contribution is 2.22. The number of furan rings is 1. The molecule has 0 saturated carbocycles. The third-order valence-corrected chi connectivity index (χ3v) is 1.60. The highest BCUT2D eigenvalue weighted by molar-refractivity contribution is 6.13. The molecular weight excluding hydrogens is 210 g/mol. The van der Waals surface area contributed by atoms with E-state index in [1.54, 1.807) is 0 Å². The predicted molar refractivity (Wildman–Crippen MR) is 44.6 cm³/mol. The van der Waals surface area contributed by atoms with Crippen molar-refractivity contribution in [3.8, 4) is 0 Å². The summed E-state index contributed by atoms with van der Waals surface area (Å²) in [5.41, 5.74) is -0.368. The Bertz CT molecular complexity index is 356. The molecule has 0 aliphatic heterocycles. The van der Waals surface area contributed by atoms with Crippen LogP contribution in [0.5, 0.6) is 0 Å². The highest BCUT2D eigenvalue weighted by Gasteiger charge is 2.49. The summed E-state index contributed by atoms with van der Waals surface area (Å²) in [6.07, 6.45) is 1.91. The topological polar surface area (TPSA) is 56.5 Å². The molecule has 0 aliphatic carbocycles. The molecule has 0 atom stereocenters. The van der Waals surface area contributed by atoms with Gasteiger partial charge in [-0.2, -0.15) is 8.78 Å². The fraction of sp³-hybridized carbons (Fsp3) is 0.333. The number of ketones is 1. The third-order valence-electron chi connectivity index (χ3n) is 1.60. The number of Topliss-reactive ketones (excluding diaryl/α,β-unsaturated/α-hetero) is 1. The quantitative estimate of drug-likeness (QED) is 0.438. The lowest BCUT2D eigenvalue weighted by atomic mass is 10.1. The molecule has 1 heterocycles. The standard InChI is InChI=1S/C9H8F2O4/c1-2-15-8(13)9(10,11)7(12)6-3-4-14-5-6/h3-5H,2H2,1H3. The molecule has 1 rings (SSSR count). The van der Waals surface area contributed by atoms with Crippen LogP contribution in [-0.4, -0.2) is 24.3 Å². The van der Waals surface area contributed by atoms with Gasteiger partial charge >= 0.3 is 11.9 Å². The van der Waals surface area contributed by atoms with Crippen molar-refractivity contribution in [3.63, 3.8) is 0 Å². The summed E-state index contributed by atoms with van der Waals surface area (Å²) in [7, 11) is 0. The SMILES string of the molecule is CCOC(=O)C(F)(F)C(=O)c1ccoc1. The number of alkyl halides is 2. The lowest BCUT2D eigenvalue weighted by Gasteiger charge is -2.11. The molecule has 82 valence electrons. The summed E-state index contributed by atoms with van der Waals surface area (Å²) in [4.78, 5) is 21.9. The van der Waals surface area contributed by atoms with Gasteiger partial charge in [0, 0.05) is 0 Å². The first-order valence-corrected chi connectivity index (χ1v) is 4.12. The van der Waals surface area contributed by atoms with E-state index in [4.69, 9.17) is 0 Å². The van der Waals surface area contributed by atoms with E-state index in [9.17, 15) is 18.4 Å². The fourth-order valence-corrected chi connectivity index (χ4v) is 0.889. The average molecular weight is 218 g/mol. The molecule has 0 fully saturated rings. The minimum absolute atomic E-state index is 0.215. The van der Waals surface area contributed by atoms with E-state index in [1.165, 1.54) is 6.92 Å². The Kier molecular flexibility index (Phi) is 3.18. The summed E-state index contributed by atoms with van der Waals surface area (Å²) in [6, 6.07) is 1.05. The van der Waals surface area contributed by atoms with Crippen molar-refractivity contribution in [1.29, 1.82) is 0 Å². The van der Waals surface area contributed by atoms with Crippen LogP contribution in [0.25, 0.3) is 0 Å². The highest BCUT2D eigenvalue weighted by atomic mass is 19.3. The van der Waals surface area contributed by atoms with Gasteiger partial charge in [0.25, 0.3) is 0 Å². The van der Waals surface area contributed by atoms with E-state index in [2.05, 4.69) is 9.15 Å². The van der Waals surface area contributed by atoms with Crippen LogP contribution in [0.4, 0.5) is 8.78 Å². The maximum Gasteiger partial charge on any atom is 0.404 e. The zero-order chi connectivity index (χ0) is 11.5. The van der Waals surface area contributed by atoms with Gasteiger partial charge in [-0.05, 0) is 13.0 Å². The van der Waals surface area contributed by atoms with Crippen LogP contribution in [0, 0.1) is 0 Å². The van der Waals surface area contributed by atoms with Crippen molar-refractivity contribution in [2.45, 2.75) is 12.8 Å². The summed E-state index contributed by atoms with van der Waals surface area (Å²) in [5, 5.41) is 0. The summed E-state index contributed by atoms with van der Waals surface area (Å²) >= 11 is 0. The van der Waals surface area contributed by atoms with E-state index in [1.807, 2.05) is 0 Å². The first-order valence-electron chi connectivity index (χ1n) is 4.12. The monoisotopic (exact) mass is 218 g/mol. The van der Waals surface area contributed by atoms with Gasteiger partial charge in [-0.15, -0.1) is 0 Å². The van der Waals surface area contributed by atoms with Crippen LogP contribution in [0.3, 0.4) is 0 Å². The number of carbonyl (C=O) groups is 2. The van der Waals surface area contributed by atoms with Gasteiger partial charge in [0.05, 0.1) is 18.4 Å². The minimum Gasteiger partial charge on any atom is -0.472 e. The summed E-state index contributed by atoms with van der Waals surface area (Å²) in [6.45, 7) is 1.16. The van der Waals surface area contributed by atoms with E-state index >= 15 is 0 Å². The second-order valence-electron chi connectivity index (χ2n) is 2.64. The van der Waals surface area contributed by atoms with Gasteiger partial charge in [0.1, 0.15) is 6.26 Å². The Morgan fingerprint density at radius 2 is 2.20 bits per heavy atom. The number of hydrogen-bond acceptors (Lipinski definition) is 4. The van der Waals surface area contributed by atoms with Crippen molar-refractivity contribution in [2.24, 2.45) is 0 Å². The van der Waals surface area contributed by atoms with E-state index in [-0.39, 0.29) is 12.2 Å². The lowest BCUT2D eigenvalue weighted by molar-refractivity contribution is -0.164. The second kappa shape index (κ2) is 4.20. The molecule has 0 saturated heterocycles. The van der Waals surface area contributed by atoms with E-state index in [0.29, 0.717) is 0 Å². The molecule has 0 amide bonds. The molecule has 0 N–H and O–H groups in total. The summed E-state index contributed by atoms with van der Waals surface area (Å²) < 4.78 is 34.7. The Labute approximate surface area is 83.8 Å². The Hall–Kier alpha value is -1.72. The largest absolute Gasteiger partial charge is 0.472 e. The number of carbonyl (C=O) groups excluding carboxylic acids is 2.